The molecule has 0 aliphatic carbocycles. The van der Waals surface area contributed by atoms with E-state index in [9.17, 15) is 4.79 Å². The zero-order valence-electron chi connectivity index (χ0n) is 10.2. The van der Waals surface area contributed by atoms with E-state index in [2.05, 4.69) is 4.90 Å². The molecule has 0 amide bonds. The van der Waals surface area contributed by atoms with Crippen LogP contribution < -0.4 is 0 Å². The van der Waals surface area contributed by atoms with Crippen LogP contribution in [-0.4, -0.2) is 30.6 Å². The quantitative estimate of drug-likeness (QED) is 0.800. The molecule has 0 N–H and O–H groups in total. The van der Waals surface area contributed by atoms with E-state index in [4.69, 9.17) is 27.9 Å². The molecule has 0 bridgehead atoms. The first-order valence-electron chi connectivity index (χ1n) is 5.87. The number of hydrogen-bond donors (Lipinski definition) is 0. The highest BCUT2D eigenvalue weighted by molar-refractivity contribution is 6.34. The summed E-state index contributed by atoms with van der Waals surface area (Å²) in [7, 11) is 1.43. The van der Waals surface area contributed by atoms with Crippen molar-refractivity contribution in [2.75, 3.05) is 13.7 Å². The van der Waals surface area contributed by atoms with Crippen LogP contribution in [0.4, 0.5) is 0 Å². The fraction of sp³-hybridized carbons (Fsp3) is 0.462. The van der Waals surface area contributed by atoms with Gasteiger partial charge in [-0.2, -0.15) is 0 Å². The second-order valence-electron chi connectivity index (χ2n) is 4.43. The number of halogens is 2. The van der Waals surface area contributed by atoms with E-state index < -0.39 is 0 Å². The standard InChI is InChI=1S/C13H15Cl2NO2/c1-18-13(17)12-3-2-4-16(12)8-9-5-10(14)7-11(15)6-9/h5-7,12H,2-4,8H2,1H3/t12-/m0/s1. The van der Waals surface area contributed by atoms with Gasteiger partial charge in [0.2, 0.25) is 0 Å². The van der Waals surface area contributed by atoms with Crippen LogP contribution in [0.1, 0.15) is 18.4 Å². The normalized spacial score (nSPS) is 20.1. The van der Waals surface area contributed by atoms with Crippen molar-refractivity contribution < 1.29 is 9.53 Å². The molecule has 1 fully saturated rings. The Morgan fingerprint density at radius 1 is 1.39 bits per heavy atom. The molecular weight excluding hydrogens is 273 g/mol. The molecule has 0 aromatic heterocycles. The second-order valence-corrected chi connectivity index (χ2v) is 5.30. The van der Waals surface area contributed by atoms with Crippen molar-refractivity contribution in [3.63, 3.8) is 0 Å². The minimum atomic E-state index is -0.166. The van der Waals surface area contributed by atoms with E-state index in [0.29, 0.717) is 16.6 Å². The van der Waals surface area contributed by atoms with Crippen LogP contribution in [0.5, 0.6) is 0 Å². The van der Waals surface area contributed by atoms with E-state index in [0.717, 1.165) is 24.9 Å². The van der Waals surface area contributed by atoms with Gasteiger partial charge in [0.15, 0.2) is 0 Å². The van der Waals surface area contributed by atoms with Gasteiger partial charge in [0.1, 0.15) is 6.04 Å². The van der Waals surface area contributed by atoms with Gasteiger partial charge in [-0.05, 0) is 43.1 Å². The number of ether oxygens (including phenoxy) is 1. The molecule has 0 radical (unpaired) electrons. The molecule has 1 aliphatic rings. The number of nitrogens with zero attached hydrogens (tertiary/aromatic N) is 1. The van der Waals surface area contributed by atoms with Gasteiger partial charge in [0.25, 0.3) is 0 Å². The Bertz CT molecular complexity index is 430. The molecule has 3 nitrogen and oxygen atoms in total. The van der Waals surface area contributed by atoms with Gasteiger partial charge >= 0.3 is 5.97 Å². The van der Waals surface area contributed by atoms with E-state index in [1.165, 1.54) is 7.11 Å². The molecule has 1 atom stereocenters. The summed E-state index contributed by atoms with van der Waals surface area (Å²) in [6.45, 7) is 1.56. The summed E-state index contributed by atoms with van der Waals surface area (Å²) < 4.78 is 4.82. The van der Waals surface area contributed by atoms with E-state index in [1.54, 1.807) is 6.07 Å². The van der Waals surface area contributed by atoms with Crippen molar-refractivity contribution in [3.05, 3.63) is 33.8 Å². The summed E-state index contributed by atoms with van der Waals surface area (Å²) in [5.41, 5.74) is 1.02. The highest BCUT2D eigenvalue weighted by Gasteiger charge is 2.31. The van der Waals surface area contributed by atoms with Gasteiger partial charge in [-0.1, -0.05) is 23.2 Å². The number of methoxy groups -OCH3 is 1. The van der Waals surface area contributed by atoms with Crippen LogP contribution in [0.15, 0.2) is 18.2 Å². The number of carbonyl (C=O) groups is 1. The predicted molar refractivity (Wildman–Crippen MR) is 71.9 cm³/mol. The molecule has 1 aliphatic heterocycles. The van der Waals surface area contributed by atoms with Gasteiger partial charge in [-0.3, -0.25) is 9.69 Å². The Morgan fingerprint density at radius 3 is 2.67 bits per heavy atom. The topological polar surface area (TPSA) is 29.5 Å². The fourth-order valence-electron chi connectivity index (χ4n) is 2.36. The third-order valence-corrected chi connectivity index (χ3v) is 3.58. The zero-order valence-corrected chi connectivity index (χ0v) is 11.7. The summed E-state index contributed by atoms with van der Waals surface area (Å²) >= 11 is 11.9. The second kappa shape index (κ2) is 5.91. The summed E-state index contributed by atoms with van der Waals surface area (Å²) in [4.78, 5) is 13.7. The van der Waals surface area contributed by atoms with Gasteiger partial charge in [0.05, 0.1) is 7.11 Å². The lowest BCUT2D eigenvalue weighted by Gasteiger charge is -2.22. The first-order valence-corrected chi connectivity index (χ1v) is 6.62. The lowest BCUT2D eigenvalue weighted by atomic mass is 10.2. The molecule has 1 aromatic carbocycles. The van der Waals surface area contributed by atoms with Crippen molar-refractivity contribution >= 4 is 29.2 Å². The highest BCUT2D eigenvalue weighted by atomic mass is 35.5. The molecule has 0 spiro atoms. The van der Waals surface area contributed by atoms with Crippen LogP contribution in [0.25, 0.3) is 0 Å². The largest absolute Gasteiger partial charge is 0.468 e. The number of benzene rings is 1. The summed E-state index contributed by atoms with van der Waals surface area (Å²) in [6.07, 6.45) is 1.86. The molecule has 18 heavy (non-hydrogen) atoms. The van der Waals surface area contributed by atoms with E-state index in [-0.39, 0.29) is 12.0 Å². The van der Waals surface area contributed by atoms with Gasteiger partial charge in [-0.15, -0.1) is 0 Å². The summed E-state index contributed by atoms with van der Waals surface area (Å²) in [5.74, 6) is -0.166. The number of rotatable bonds is 3. The molecule has 1 aromatic rings. The predicted octanol–water partition coefficient (Wildman–Crippen LogP) is 3.13. The minimum absolute atomic E-state index is 0.146. The third-order valence-electron chi connectivity index (χ3n) is 3.14. The maximum atomic E-state index is 11.6. The first kappa shape index (κ1) is 13.7. The summed E-state index contributed by atoms with van der Waals surface area (Å²) in [5, 5.41) is 1.23. The van der Waals surface area contributed by atoms with Crippen molar-refractivity contribution in [2.45, 2.75) is 25.4 Å². The van der Waals surface area contributed by atoms with Crippen molar-refractivity contribution in [2.24, 2.45) is 0 Å². The Kier molecular flexibility index (Phi) is 4.49. The van der Waals surface area contributed by atoms with Crippen molar-refractivity contribution in [1.82, 2.24) is 4.90 Å². The number of carbonyl (C=O) groups excluding carboxylic acids is 1. The molecular formula is C13H15Cl2NO2. The average molecular weight is 288 g/mol. The smallest absolute Gasteiger partial charge is 0.323 e. The van der Waals surface area contributed by atoms with Crippen LogP contribution in [0.2, 0.25) is 10.0 Å². The summed E-state index contributed by atoms with van der Waals surface area (Å²) in [6, 6.07) is 5.31. The Balaban J connectivity index is 2.10. The van der Waals surface area contributed by atoms with Crippen molar-refractivity contribution in [1.29, 1.82) is 0 Å². The minimum Gasteiger partial charge on any atom is -0.468 e. The lowest BCUT2D eigenvalue weighted by Crippen LogP contribution is -2.36. The van der Waals surface area contributed by atoms with Crippen LogP contribution in [-0.2, 0) is 16.1 Å². The highest BCUT2D eigenvalue weighted by Crippen LogP contribution is 2.24. The molecule has 98 valence electrons. The van der Waals surface area contributed by atoms with Crippen LogP contribution >= 0.6 is 23.2 Å². The third kappa shape index (κ3) is 3.16. The Hall–Kier alpha value is -0.770. The zero-order chi connectivity index (χ0) is 13.1. The maximum Gasteiger partial charge on any atom is 0.323 e. The average Bonchev–Trinajstić information content (AvgIpc) is 2.74. The van der Waals surface area contributed by atoms with Crippen LogP contribution in [0, 0.1) is 0 Å². The Labute approximate surface area is 117 Å². The Morgan fingerprint density at radius 2 is 2.06 bits per heavy atom. The number of hydrogen-bond acceptors (Lipinski definition) is 3. The molecule has 1 heterocycles. The lowest BCUT2D eigenvalue weighted by molar-refractivity contribution is -0.146. The molecule has 0 saturated carbocycles. The molecule has 1 saturated heterocycles. The van der Waals surface area contributed by atoms with Gasteiger partial charge in [0, 0.05) is 16.6 Å². The number of esters is 1. The molecule has 2 rings (SSSR count). The molecule has 0 unspecified atom stereocenters. The van der Waals surface area contributed by atoms with Crippen LogP contribution in [0.3, 0.4) is 0 Å². The van der Waals surface area contributed by atoms with Gasteiger partial charge in [-0.25, -0.2) is 0 Å². The van der Waals surface area contributed by atoms with Gasteiger partial charge < -0.3 is 4.74 Å². The number of likely N-dealkylation sites (tertiary alicyclic amines) is 1. The van der Waals surface area contributed by atoms with E-state index in [1.807, 2.05) is 12.1 Å². The van der Waals surface area contributed by atoms with E-state index >= 15 is 0 Å². The van der Waals surface area contributed by atoms with Crippen molar-refractivity contribution in [3.8, 4) is 0 Å². The molecule has 5 heteroatoms. The fourth-order valence-corrected chi connectivity index (χ4v) is 2.93. The first-order chi connectivity index (χ1) is 8.60. The maximum absolute atomic E-state index is 11.6. The SMILES string of the molecule is COC(=O)[C@@H]1CCCN1Cc1cc(Cl)cc(Cl)c1. The monoisotopic (exact) mass is 287 g/mol.